The Morgan fingerprint density at radius 1 is 1.03 bits per heavy atom. The molecule has 4 heteroatoms. The molecule has 214 valence electrons. The van der Waals surface area contributed by atoms with Crippen molar-refractivity contribution in [1.29, 1.82) is 0 Å². The fourth-order valence-electron chi connectivity index (χ4n) is 8.77. The molecule has 2 fully saturated rings. The van der Waals surface area contributed by atoms with Crippen LogP contribution in [0.25, 0.3) is 0 Å². The predicted octanol–water partition coefficient (Wildman–Crippen LogP) is 7.90. The molecule has 2 saturated carbocycles. The number of benzene rings is 1. The highest BCUT2D eigenvalue weighted by Crippen LogP contribution is 2.62. The van der Waals surface area contributed by atoms with Gasteiger partial charge in [0.15, 0.2) is 0 Å². The van der Waals surface area contributed by atoms with Crippen LogP contribution in [0.3, 0.4) is 0 Å². The zero-order valence-corrected chi connectivity index (χ0v) is 24.5. The van der Waals surface area contributed by atoms with Gasteiger partial charge in [-0.3, -0.25) is 4.79 Å². The van der Waals surface area contributed by atoms with E-state index in [4.69, 9.17) is 0 Å². The van der Waals surface area contributed by atoms with Crippen molar-refractivity contribution in [1.82, 2.24) is 5.32 Å². The average molecular weight is 526 g/mol. The van der Waals surface area contributed by atoms with E-state index in [1.165, 1.54) is 75.3 Å². The molecule has 0 aromatic heterocycles. The number of carbonyl (C=O) groups is 1. The number of rotatable bonds is 14. The van der Waals surface area contributed by atoms with Crippen LogP contribution in [0.5, 0.6) is 5.75 Å². The first kappa shape index (κ1) is 29.4. The Kier molecular flexibility index (Phi) is 10.6. The number of unbranched alkanes of at least 4 members (excludes halogenated alkanes) is 7. The molecule has 0 bridgehead atoms. The molecule has 3 aliphatic carbocycles. The van der Waals surface area contributed by atoms with Gasteiger partial charge in [-0.05, 0) is 104 Å². The fraction of sp³-hybridized carbons (Fsp3) is 0.794. The minimum atomic E-state index is -0.131. The number of fused-ring (bicyclic) bond motifs is 5. The second-order valence-electron chi connectivity index (χ2n) is 13.3. The SMILES string of the molecule is CCCCC(CCCCCCCCC[C@@H]1Cc2cc(O)ccc2[C@H]2CC[C@]3(C)[C@@H](O)CC[C@H]3[C@H]12)C(=O)NC. The molecule has 1 unspecified atom stereocenters. The zero-order chi connectivity index (χ0) is 27.1. The van der Waals surface area contributed by atoms with Gasteiger partial charge in [-0.25, -0.2) is 0 Å². The number of nitrogens with one attached hydrogen (secondary N) is 1. The van der Waals surface area contributed by atoms with Gasteiger partial charge in [0.25, 0.3) is 0 Å². The summed E-state index contributed by atoms with van der Waals surface area (Å²) in [4.78, 5) is 12.1. The smallest absolute Gasteiger partial charge is 0.222 e. The first-order valence-corrected chi connectivity index (χ1v) is 16.1. The van der Waals surface area contributed by atoms with Gasteiger partial charge in [-0.1, -0.05) is 77.7 Å². The molecule has 3 N–H and O–H groups in total. The van der Waals surface area contributed by atoms with Gasteiger partial charge in [0.2, 0.25) is 5.91 Å². The normalized spacial score (nSPS) is 30.8. The topological polar surface area (TPSA) is 69.6 Å². The van der Waals surface area contributed by atoms with E-state index < -0.39 is 0 Å². The zero-order valence-electron chi connectivity index (χ0n) is 24.5. The van der Waals surface area contributed by atoms with Crippen LogP contribution in [0, 0.1) is 29.1 Å². The maximum absolute atomic E-state index is 12.1. The lowest BCUT2D eigenvalue weighted by Crippen LogP contribution is -2.47. The Bertz CT molecular complexity index is 900. The molecule has 4 nitrogen and oxygen atoms in total. The molecule has 0 radical (unpaired) electrons. The second kappa shape index (κ2) is 13.7. The van der Waals surface area contributed by atoms with Crippen LogP contribution in [0.2, 0.25) is 0 Å². The molecule has 1 amide bonds. The van der Waals surface area contributed by atoms with Gasteiger partial charge in [-0.15, -0.1) is 0 Å². The first-order valence-electron chi connectivity index (χ1n) is 16.1. The summed E-state index contributed by atoms with van der Waals surface area (Å²) >= 11 is 0. The van der Waals surface area contributed by atoms with Crippen molar-refractivity contribution in [2.45, 2.75) is 135 Å². The van der Waals surface area contributed by atoms with Gasteiger partial charge in [-0.2, -0.15) is 0 Å². The number of phenols is 1. The number of phenolic OH excluding ortho intramolecular Hbond substituents is 1. The van der Waals surface area contributed by atoms with Crippen LogP contribution in [-0.2, 0) is 11.2 Å². The summed E-state index contributed by atoms with van der Waals surface area (Å²) in [5.41, 5.74) is 2.97. The van der Waals surface area contributed by atoms with E-state index in [0.29, 0.717) is 29.4 Å². The van der Waals surface area contributed by atoms with Crippen molar-refractivity contribution in [3.8, 4) is 5.75 Å². The highest BCUT2D eigenvalue weighted by molar-refractivity contribution is 5.78. The van der Waals surface area contributed by atoms with E-state index in [1.54, 1.807) is 7.05 Å². The molecule has 0 saturated heterocycles. The highest BCUT2D eigenvalue weighted by Gasteiger charge is 2.56. The summed E-state index contributed by atoms with van der Waals surface area (Å²) in [7, 11) is 1.77. The molecule has 7 atom stereocenters. The molecule has 0 heterocycles. The number of amides is 1. The Morgan fingerprint density at radius 2 is 1.74 bits per heavy atom. The molecule has 38 heavy (non-hydrogen) atoms. The maximum atomic E-state index is 12.1. The van der Waals surface area contributed by atoms with E-state index >= 15 is 0 Å². The van der Waals surface area contributed by atoms with E-state index in [-0.39, 0.29) is 23.3 Å². The standard InChI is InChI=1S/C34H55NO3/c1-4-5-13-24(33(38)35-3)14-11-9-7-6-8-10-12-15-25-22-26-23-27(36)16-17-28(26)29-20-21-34(2)30(32(25)29)18-19-31(34)37/h16-17,23-25,29-32,36-37H,4-15,18-22H2,1-3H3,(H,35,38)/t24?,25-,29-,30+,31+,32-,34+/m1/s1. The molecular weight excluding hydrogens is 470 g/mol. The summed E-state index contributed by atoms with van der Waals surface area (Å²) < 4.78 is 0. The number of hydrogen-bond donors (Lipinski definition) is 3. The molecule has 1 aromatic rings. The number of carbonyl (C=O) groups excluding carboxylic acids is 1. The molecule has 1 aromatic carbocycles. The van der Waals surface area contributed by atoms with Gasteiger partial charge < -0.3 is 15.5 Å². The Balaban J connectivity index is 1.23. The minimum absolute atomic E-state index is 0.0984. The third-order valence-electron chi connectivity index (χ3n) is 11.0. The molecule has 3 aliphatic rings. The Morgan fingerprint density at radius 3 is 2.47 bits per heavy atom. The van der Waals surface area contributed by atoms with Gasteiger partial charge in [0.05, 0.1) is 6.10 Å². The summed E-state index contributed by atoms with van der Waals surface area (Å²) in [6.45, 7) is 4.57. The lowest BCUT2D eigenvalue weighted by molar-refractivity contribution is -0.125. The van der Waals surface area contributed by atoms with Crippen molar-refractivity contribution in [2.24, 2.45) is 29.1 Å². The summed E-state index contributed by atoms with van der Waals surface area (Å²) in [5.74, 6) is 3.44. The summed E-state index contributed by atoms with van der Waals surface area (Å²) in [5, 5.41) is 23.9. The van der Waals surface area contributed by atoms with E-state index in [9.17, 15) is 15.0 Å². The van der Waals surface area contributed by atoms with Gasteiger partial charge in [0, 0.05) is 13.0 Å². The van der Waals surface area contributed by atoms with E-state index in [1.807, 2.05) is 12.1 Å². The van der Waals surface area contributed by atoms with Crippen molar-refractivity contribution in [3.05, 3.63) is 29.3 Å². The minimum Gasteiger partial charge on any atom is -0.508 e. The quantitative estimate of drug-likeness (QED) is 0.216. The fourth-order valence-corrected chi connectivity index (χ4v) is 8.77. The molecule has 0 spiro atoms. The van der Waals surface area contributed by atoms with Crippen LogP contribution in [0.4, 0.5) is 0 Å². The predicted molar refractivity (Wildman–Crippen MR) is 156 cm³/mol. The van der Waals surface area contributed by atoms with Crippen LogP contribution in [0.1, 0.15) is 134 Å². The van der Waals surface area contributed by atoms with E-state index in [2.05, 4.69) is 25.2 Å². The Hall–Kier alpha value is -1.55. The largest absolute Gasteiger partial charge is 0.508 e. The molecular formula is C34H55NO3. The number of aliphatic hydroxyl groups excluding tert-OH is 1. The average Bonchev–Trinajstić information content (AvgIpc) is 3.22. The monoisotopic (exact) mass is 525 g/mol. The van der Waals surface area contributed by atoms with E-state index in [0.717, 1.165) is 44.9 Å². The van der Waals surface area contributed by atoms with Crippen LogP contribution >= 0.6 is 0 Å². The number of hydrogen-bond acceptors (Lipinski definition) is 3. The van der Waals surface area contributed by atoms with Gasteiger partial charge in [0.1, 0.15) is 5.75 Å². The maximum Gasteiger partial charge on any atom is 0.222 e. The van der Waals surface area contributed by atoms with Crippen LogP contribution in [-0.4, -0.2) is 29.3 Å². The lowest BCUT2D eigenvalue weighted by atomic mass is 9.52. The Labute approximate surface area is 232 Å². The number of aliphatic hydroxyl groups is 1. The first-order chi connectivity index (χ1) is 18.4. The van der Waals surface area contributed by atoms with Crippen molar-refractivity contribution in [3.63, 3.8) is 0 Å². The summed E-state index contributed by atoms with van der Waals surface area (Å²) in [6.07, 6.45) is 20.0. The number of aromatic hydroxyl groups is 1. The third kappa shape index (κ3) is 6.60. The molecule has 0 aliphatic heterocycles. The van der Waals surface area contributed by atoms with Crippen molar-refractivity contribution in [2.75, 3.05) is 7.05 Å². The molecule has 4 rings (SSSR count). The van der Waals surface area contributed by atoms with Crippen molar-refractivity contribution < 1.29 is 15.0 Å². The van der Waals surface area contributed by atoms with Crippen LogP contribution < -0.4 is 5.32 Å². The van der Waals surface area contributed by atoms with Gasteiger partial charge >= 0.3 is 0 Å². The lowest BCUT2D eigenvalue weighted by Gasteiger charge is -2.53. The summed E-state index contributed by atoms with van der Waals surface area (Å²) in [6, 6.07) is 6.12. The highest BCUT2D eigenvalue weighted by atomic mass is 16.3. The third-order valence-corrected chi connectivity index (χ3v) is 11.0. The second-order valence-corrected chi connectivity index (χ2v) is 13.3. The van der Waals surface area contributed by atoms with Crippen molar-refractivity contribution >= 4 is 5.91 Å². The van der Waals surface area contributed by atoms with Crippen LogP contribution in [0.15, 0.2) is 18.2 Å².